The van der Waals surface area contributed by atoms with Gasteiger partial charge in [0.1, 0.15) is 5.60 Å². The van der Waals surface area contributed by atoms with Crippen LogP contribution in [0, 0.1) is 11.3 Å². The number of amides is 1. The highest BCUT2D eigenvalue weighted by Gasteiger charge is 2.43. The Balaban J connectivity index is 1.39. The Bertz CT molecular complexity index is 1130. The molecule has 1 aromatic carbocycles. The summed E-state index contributed by atoms with van der Waals surface area (Å²) in [5, 5.41) is 9.32. The van der Waals surface area contributed by atoms with Gasteiger partial charge in [-0.3, -0.25) is 14.8 Å². The molecule has 0 atom stereocenters. The normalized spacial score (nSPS) is 17.4. The maximum Gasteiger partial charge on any atom is 0.255 e. The first-order chi connectivity index (χ1) is 14.7. The van der Waals surface area contributed by atoms with Crippen molar-refractivity contribution in [3.05, 3.63) is 70.5 Å². The van der Waals surface area contributed by atoms with Gasteiger partial charge in [-0.2, -0.15) is 5.26 Å². The summed E-state index contributed by atoms with van der Waals surface area (Å²) in [6.45, 7) is 1.90. The van der Waals surface area contributed by atoms with Crippen LogP contribution in [0.2, 0.25) is 0 Å². The van der Waals surface area contributed by atoms with E-state index in [9.17, 15) is 10.1 Å². The van der Waals surface area contributed by atoms with Gasteiger partial charge in [-0.25, -0.2) is 0 Å². The summed E-state index contributed by atoms with van der Waals surface area (Å²) in [6.07, 6.45) is 7.58. The number of benzene rings is 1. The summed E-state index contributed by atoms with van der Waals surface area (Å²) < 4.78 is 6.34. The molecule has 150 valence electrons. The second kappa shape index (κ2) is 7.63. The van der Waals surface area contributed by atoms with Crippen LogP contribution in [-0.2, 0) is 16.8 Å². The summed E-state index contributed by atoms with van der Waals surface area (Å²) in [5.74, 6) is -0.0792. The van der Waals surface area contributed by atoms with Crippen molar-refractivity contribution in [1.82, 2.24) is 14.9 Å². The first kappa shape index (κ1) is 18.9. The highest BCUT2D eigenvalue weighted by atomic mass is 32.1. The quantitative estimate of drug-likeness (QED) is 0.635. The zero-order chi connectivity index (χ0) is 20.6. The summed E-state index contributed by atoms with van der Waals surface area (Å²) in [6, 6.07) is 11.3. The van der Waals surface area contributed by atoms with E-state index in [4.69, 9.17) is 4.74 Å². The van der Waals surface area contributed by atoms with Gasteiger partial charge in [0.05, 0.1) is 40.6 Å². The Morgan fingerprint density at radius 1 is 1.23 bits per heavy atom. The zero-order valence-electron chi connectivity index (χ0n) is 16.4. The standard InChI is InChI=1S/C23H20N4O2S/c24-14-17-3-1-2-4-18(17)22(28)27-10-6-23(7-11-27)21-16(5-12-29-23)13-20(30-21)19-15-25-8-9-26-19/h1-4,8-9,13,15H,5-7,10-12H2. The van der Waals surface area contributed by atoms with Crippen LogP contribution in [0.5, 0.6) is 0 Å². The molecule has 3 aromatic rings. The third-order valence-corrected chi connectivity index (χ3v) is 7.31. The van der Waals surface area contributed by atoms with Gasteiger partial charge in [0.15, 0.2) is 0 Å². The topological polar surface area (TPSA) is 79.1 Å². The Morgan fingerprint density at radius 3 is 2.83 bits per heavy atom. The van der Waals surface area contributed by atoms with E-state index in [1.807, 2.05) is 4.90 Å². The van der Waals surface area contributed by atoms with Crippen LogP contribution in [0.25, 0.3) is 10.6 Å². The van der Waals surface area contributed by atoms with Crippen molar-refractivity contribution in [2.75, 3.05) is 19.7 Å². The van der Waals surface area contributed by atoms with Crippen molar-refractivity contribution < 1.29 is 9.53 Å². The number of nitrogens with zero attached hydrogens (tertiary/aromatic N) is 4. The van der Waals surface area contributed by atoms with Gasteiger partial charge >= 0.3 is 0 Å². The minimum absolute atomic E-state index is 0.0792. The van der Waals surface area contributed by atoms with Gasteiger partial charge in [-0.1, -0.05) is 12.1 Å². The minimum atomic E-state index is -0.343. The largest absolute Gasteiger partial charge is 0.369 e. The fourth-order valence-corrected chi connectivity index (χ4v) is 5.73. The molecule has 2 aromatic heterocycles. The number of ether oxygens (including phenoxy) is 1. The van der Waals surface area contributed by atoms with Gasteiger partial charge in [0.2, 0.25) is 0 Å². The lowest BCUT2D eigenvalue weighted by Gasteiger charge is -2.43. The van der Waals surface area contributed by atoms with Gasteiger partial charge in [0, 0.05) is 30.4 Å². The van der Waals surface area contributed by atoms with Gasteiger partial charge in [-0.05, 0) is 43.0 Å². The molecule has 4 heterocycles. The number of likely N-dealkylation sites (tertiary alicyclic amines) is 1. The molecule has 1 spiro atoms. The number of rotatable bonds is 2. The van der Waals surface area contributed by atoms with Crippen LogP contribution in [0.15, 0.2) is 48.9 Å². The van der Waals surface area contributed by atoms with E-state index < -0.39 is 0 Å². The maximum absolute atomic E-state index is 13.0. The third-order valence-electron chi connectivity index (χ3n) is 5.92. The molecule has 0 bridgehead atoms. The van der Waals surface area contributed by atoms with Crippen LogP contribution >= 0.6 is 11.3 Å². The van der Waals surface area contributed by atoms with E-state index >= 15 is 0 Å². The molecule has 0 N–H and O–H groups in total. The molecule has 0 aliphatic carbocycles. The molecule has 1 saturated heterocycles. The number of nitriles is 1. The van der Waals surface area contributed by atoms with Crippen molar-refractivity contribution in [2.45, 2.75) is 24.9 Å². The van der Waals surface area contributed by atoms with Crippen LogP contribution in [0.4, 0.5) is 0 Å². The molecule has 7 heteroatoms. The van der Waals surface area contributed by atoms with Crippen LogP contribution in [0.3, 0.4) is 0 Å². The fourth-order valence-electron chi connectivity index (χ4n) is 4.35. The lowest BCUT2D eigenvalue weighted by atomic mass is 9.85. The van der Waals surface area contributed by atoms with Crippen molar-refractivity contribution in [1.29, 1.82) is 5.26 Å². The molecule has 0 unspecified atom stereocenters. The van der Waals surface area contributed by atoms with Crippen molar-refractivity contribution in [3.8, 4) is 16.6 Å². The van der Waals surface area contributed by atoms with E-state index in [2.05, 4.69) is 22.1 Å². The highest BCUT2D eigenvalue weighted by molar-refractivity contribution is 7.15. The van der Waals surface area contributed by atoms with Crippen LogP contribution < -0.4 is 0 Å². The number of hydrogen-bond acceptors (Lipinski definition) is 6. The Morgan fingerprint density at radius 2 is 2.07 bits per heavy atom. The van der Waals surface area contributed by atoms with Gasteiger partial charge < -0.3 is 9.64 Å². The zero-order valence-corrected chi connectivity index (χ0v) is 17.2. The SMILES string of the molecule is N#Cc1ccccc1C(=O)N1CCC2(CC1)OCCc1cc(-c3cnccn3)sc12. The van der Waals surface area contributed by atoms with Crippen LogP contribution in [-0.4, -0.2) is 40.5 Å². The first-order valence-corrected chi connectivity index (χ1v) is 10.8. The van der Waals surface area contributed by atoms with E-state index in [1.165, 1.54) is 10.4 Å². The smallest absolute Gasteiger partial charge is 0.255 e. The number of carbonyl (C=O) groups excluding carboxylic acids is 1. The van der Waals surface area contributed by atoms with Crippen molar-refractivity contribution in [2.24, 2.45) is 0 Å². The molecule has 30 heavy (non-hydrogen) atoms. The molecular formula is C23H20N4O2S. The summed E-state index contributed by atoms with van der Waals surface area (Å²) in [5.41, 5.74) is 2.76. The molecule has 6 nitrogen and oxygen atoms in total. The number of hydrogen-bond donors (Lipinski definition) is 0. The number of thiophene rings is 1. The fraction of sp³-hybridized carbons (Fsp3) is 0.304. The monoisotopic (exact) mass is 416 g/mol. The molecule has 0 radical (unpaired) electrons. The Labute approximate surface area is 178 Å². The number of piperidine rings is 1. The van der Waals surface area contributed by atoms with Crippen molar-refractivity contribution >= 4 is 17.2 Å². The Hall–Kier alpha value is -3.08. The van der Waals surface area contributed by atoms with Crippen molar-refractivity contribution in [3.63, 3.8) is 0 Å². The summed E-state index contributed by atoms with van der Waals surface area (Å²) in [4.78, 5) is 25.9. The first-order valence-electron chi connectivity index (χ1n) is 10.0. The molecule has 5 rings (SSSR count). The maximum atomic E-state index is 13.0. The van der Waals surface area contributed by atoms with Crippen LogP contribution in [0.1, 0.15) is 39.2 Å². The highest BCUT2D eigenvalue weighted by Crippen LogP contribution is 2.47. The minimum Gasteiger partial charge on any atom is -0.369 e. The number of fused-ring (bicyclic) bond motifs is 2. The summed E-state index contributed by atoms with van der Waals surface area (Å²) >= 11 is 1.73. The third kappa shape index (κ3) is 3.18. The van der Waals surface area contributed by atoms with E-state index in [-0.39, 0.29) is 11.5 Å². The number of carbonyl (C=O) groups is 1. The Kier molecular flexibility index (Phi) is 4.81. The second-order valence-electron chi connectivity index (χ2n) is 7.60. The van der Waals surface area contributed by atoms with Gasteiger partial charge in [-0.15, -0.1) is 11.3 Å². The lowest BCUT2D eigenvalue weighted by Crippen LogP contribution is -2.48. The van der Waals surface area contributed by atoms with E-state index in [1.54, 1.807) is 54.2 Å². The molecule has 2 aliphatic heterocycles. The summed E-state index contributed by atoms with van der Waals surface area (Å²) in [7, 11) is 0. The lowest BCUT2D eigenvalue weighted by molar-refractivity contribution is -0.0906. The van der Waals surface area contributed by atoms with E-state index in [0.29, 0.717) is 30.8 Å². The molecule has 2 aliphatic rings. The molecular weight excluding hydrogens is 396 g/mol. The van der Waals surface area contributed by atoms with Gasteiger partial charge in [0.25, 0.3) is 5.91 Å². The predicted octanol–water partition coefficient (Wildman–Crippen LogP) is 3.78. The predicted molar refractivity (Wildman–Crippen MR) is 113 cm³/mol. The molecule has 1 amide bonds. The second-order valence-corrected chi connectivity index (χ2v) is 8.65. The molecule has 1 fully saturated rings. The average Bonchev–Trinajstić information content (AvgIpc) is 3.26. The number of aromatic nitrogens is 2. The average molecular weight is 417 g/mol. The molecule has 0 saturated carbocycles. The van der Waals surface area contributed by atoms with E-state index in [0.717, 1.165) is 29.8 Å².